The Labute approximate surface area is 163 Å². The zero-order valence-corrected chi connectivity index (χ0v) is 16.6. The number of thiazole rings is 1. The zero-order valence-electron chi connectivity index (χ0n) is 15.8. The number of rotatable bonds is 5. The highest BCUT2D eigenvalue weighted by molar-refractivity contribution is 7.09. The molecule has 0 spiro atoms. The molecule has 27 heavy (non-hydrogen) atoms. The normalized spacial score (nSPS) is 17.5. The van der Waals surface area contributed by atoms with Crippen LogP contribution in [0.25, 0.3) is 0 Å². The van der Waals surface area contributed by atoms with E-state index in [0.717, 1.165) is 24.3 Å². The number of hydrogen-bond acceptors (Lipinski definition) is 4. The summed E-state index contributed by atoms with van der Waals surface area (Å²) >= 11 is 1.46. The summed E-state index contributed by atoms with van der Waals surface area (Å²) in [7, 11) is 0. The van der Waals surface area contributed by atoms with E-state index in [1.165, 1.54) is 22.5 Å². The van der Waals surface area contributed by atoms with Crippen molar-refractivity contribution in [2.45, 2.75) is 52.2 Å². The lowest BCUT2D eigenvalue weighted by Gasteiger charge is -2.28. The summed E-state index contributed by atoms with van der Waals surface area (Å²) in [4.78, 5) is 31.7. The van der Waals surface area contributed by atoms with Gasteiger partial charge in [-0.2, -0.15) is 0 Å². The fourth-order valence-electron chi connectivity index (χ4n) is 3.62. The molecule has 142 valence electrons. The minimum atomic E-state index is -0.138. The molecule has 1 aromatic heterocycles. The average molecular weight is 384 g/mol. The van der Waals surface area contributed by atoms with Crippen LogP contribution in [-0.2, 0) is 17.9 Å². The summed E-state index contributed by atoms with van der Waals surface area (Å²) in [6, 6.07) is 8.01. The van der Waals surface area contributed by atoms with Crippen molar-refractivity contribution in [3.63, 3.8) is 0 Å². The molecule has 1 atom stereocenters. The number of amides is 2. The summed E-state index contributed by atoms with van der Waals surface area (Å²) in [5.41, 5.74) is 2.88. The molecule has 1 aliphatic heterocycles. The van der Waals surface area contributed by atoms with E-state index in [9.17, 15) is 9.59 Å². The Morgan fingerprint density at radius 1 is 1.19 bits per heavy atom. The maximum atomic E-state index is 12.9. The number of fused-ring (bicyclic) bond motifs is 1. The standard InChI is InChI=1S/C21H25N3O2S/c1-13(2)18(23-19(25)14-8-5-9-14)20-22-17(12-27-20)21(26)24-10-15-6-3-4-7-16(15)11-24/h3-4,6-7,12-14,18H,5,8-11H2,1-2H3,(H,23,25)/t18-/m1/s1. The van der Waals surface area contributed by atoms with Crippen molar-refractivity contribution in [1.82, 2.24) is 15.2 Å². The zero-order chi connectivity index (χ0) is 19.0. The molecule has 5 nitrogen and oxygen atoms in total. The first-order chi connectivity index (χ1) is 13.0. The van der Waals surface area contributed by atoms with Gasteiger partial charge in [0.1, 0.15) is 10.7 Å². The Kier molecular flexibility index (Phi) is 5.00. The fourth-order valence-corrected chi connectivity index (χ4v) is 4.64. The third-order valence-electron chi connectivity index (χ3n) is 5.58. The van der Waals surface area contributed by atoms with Gasteiger partial charge in [0.25, 0.3) is 5.91 Å². The van der Waals surface area contributed by atoms with E-state index in [0.29, 0.717) is 18.8 Å². The number of hydrogen-bond donors (Lipinski definition) is 1. The lowest BCUT2D eigenvalue weighted by Crippen LogP contribution is -2.38. The maximum absolute atomic E-state index is 12.9. The number of aromatic nitrogens is 1. The number of nitrogens with zero attached hydrogens (tertiary/aromatic N) is 2. The van der Waals surface area contributed by atoms with Gasteiger partial charge in [0.15, 0.2) is 0 Å². The van der Waals surface area contributed by atoms with E-state index in [1.807, 2.05) is 22.4 Å². The SMILES string of the molecule is CC(C)[C@@H](NC(=O)C1CCC1)c1nc(C(=O)N2Cc3ccccc3C2)cs1. The summed E-state index contributed by atoms with van der Waals surface area (Å²) < 4.78 is 0. The van der Waals surface area contributed by atoms with Gasteiger partial charge in [-0.05, 0) is 29.9 Å². The van der Waals surface area contributed by atoms with E-state index >= 15 is 0 Å². The van der Waals surface area contributed by atoms with Crippen LogP contribution in [-0.4, -0.2) is 21.7 Å². The van der Waals surface area contributed by atoms with Crippen LogP contribution in [0.5, 0.6) is 0 Å². The van der Waals surface area contributed by atoms with E-state index in [1.54, 1.807) is 0 Å². The van der Waals surface area contributed by atoms with Crippen molar-refractivity contribution in [3.05, 3.63) is 51.5 Å². The fraction of sp³-hybridized carbons (Fsp3) is 0.476. The molecule has 1 fully saturated rings. The molecule has 6 heteroatoms. The van der Waals surface area contributed by atoms with Crippen LogP contribution in [0, 0.1) is 11.8 Å². The molecule has 2 heterocycles. The van der Waals surface area contributed by atoms with Gasteiger partial charge in [0, 0.05) is 24.4 Å². The molecular formula is C21H25N3O2S. The first-order valence-electron chi connectivity index (χ1n) is 9.65. The molecule has 2 aromatic rings. The molecule has 1 aromatic carbocycles. The van der Waals surface area contributed by atoms with E-state index < -0.39 is 0 Å². The van der Waals surface area contributed by atoms with Crippen LogP contribution >= 0.6 is 11.3 Å². The van der Waals surface area contributed by atoms with Crippen LogP contribution < -0.4 is 5.32 Å². The van der Waals surface area contributed by atoms with Crippen molar-refractivity contribution in [2.75, 3.05) is 0 Å². The summed E-state index contributed by atoms with van der Waals surface area (Å²) in [5.74, 6) is 0.453. The van der Waals surface area contributed by atoms with Crippen LogP contribution in [0.4, 0.5) is 0 Å². The molecular weight excluding hydrogens is 358 g/mol. The smallest absolute Gasteiger partial charge is 0.273 e. The van der Waals surface area contributed by atoms with Gasteiger partial charge < -0.3 is 10.2 Å². The molecule has 0 radical (unpaired) electrons. The highest BCUT2D eigenvalue weighted by Gasteiger charge is 2.31. The van der Waals surface area contributed by atoms with Gasteiger partial charge in [-0.1, -0.05) is 44.5 Å². The molecule has 0 bridgehead atoms. The Balaban J connectivity index is 1.46. The Hall–Kier alpha value is -2.21. The number of nitrogens with one attached hydrogen (secondary N) is 1. The number of carbonyl (C=O) groups excluding carboxylic acids is 2. The Morgan fingerprint density at radius 3 is 2.41 bits per heavy atom. The van der Waals surface area contributed by atoms with Crippen molar-refractivity contribution < 1.29 is 9.59 Å². The maximum Gasteiger partial charge on any atom is 0.273 e. The van der Waals surface area contributed by atoms with Gasteiger partial charge in [-0.15, -0.1) is 11.3 Å². The third-order valence-corrected chi connectivity index (χ3v) is 6.50. The quantitative estimate of drug-likeness (QED) is 0.851. The van der Waals surface area contributed by atoms with Crippen molar-refractivity contribution in [3.8, 4) is 0 Å². The van der Waals surface area contributed by atoms with Gasteiger partial charge in [0.2, 0.25) is 5.91 Å². The van der Waals surface area contributed by atoms with Gasteiger partial charge in [0.05, 0.1) is 6.04 Å². The second-order valence-corrected chi connectivity index (χ2v) is 8.75. The molecule has 1 N–H and O–H groups in total. The van der Waals surface area contributed by atoms with Crippen molar-refractivity contribution in [2.24, 2.45) is 11.8 Å². The van der Waals surface area contributed by atoms with Crippen LogP contribution in [0.3, 0.4) is 0 Å². The molecule has 0 unspecified atom stereocenters. The minimum absolute atomic E-state index is 0.0403. The summed E-state index contributed by atoms with van der Waals surface area (Å²) in [6.45, 7) is 5.42. The highest BCUT2D eigenvalue weighted by Crippen LogP contribution is 2.31. The van der Waals surface area contributed by atoms with Gasteiger partial charge in [-0.3, -0.25) is 9.59 Å². The van der Waals surface area contributed by atoms with Crippen molar-refractivity contribution in [1.29, 1.82) is 0 Å². The first-order valence-corrected chi connectivity index (χ1v) is 10.5. The second kappa shape index (κ2) is 7.43. The van der Waals surface area contributed by atoms with Gasteiger partial charge in [-0.25, -0.2) is 4.98 Å². The molecule has 2 aliphatic rings. The van der Waals surface area contributed by atoms with Crippen LogP contribution in [0.15, 0.2) is 29.6 Å². The van der Waals surface area contributed by atoms with E-state index in [4.69, 9.17) is 0 Å². The van der Waals surface area contributed by atoms with Crippen LogP contribution in [0.2, 0.25) is 0 Å². The monoisotopic (exact) mass is 383 g/mol. The summed E-state index contributed by atoms with van der Waals surface area (Å²) in [5, 5.41) is 5.80. The second-order valence-electron chi connectivity index (χ2n) is 7.86. The Bertz CT molecular complexity index is 832. The number of carbonyl (C=O) groups is 2. The molecule has 2 amide bonds. The van der Waals surface area contributed by atoms with Crippen molar-refractivity contribution >= 4 is 23.2 Å². The third kappa shape index (κ3) is 3.63. The lowest BCUT2D eigenvalue weighted by atomic mass is 9.84. The molecule has 4 rings (SSSR count). The van der Waals surface area contributed by atoms with Gasteiger partial charge >= 0.3 is 0 Å². The minimum Gasteiger partial charge on any atom is -0.346 e. The number of benzene rings is 1. The first kappa shape index (κ1) is 18.2. The lowest BCUT2D eigenvalue weighted by molar-refractivity contribution is -0.128. The van der Waals surface area contributed by atoms with E-state index in [2.05, 4.69) is 36.3 Å². The van der Waals surface area contributed by atoms with Crippen LogP contribution in [0.1, 0.15) is 65.8 Å². The largest absolute Gasteiger partial charge is 0.346 e. The summed E-state index contributed by atoms with van der Waals surface area (Å²) in [6.07, 6.45) is 3.10. The topological polar surface area (TPSA) is 62.3 Å². The Morgan fingerprint density at radius 2 is 1.85 bits per heavy atom. The average Bonchev–Trinajstić information content (AvgIpc) is 3.24. The predicted molar refractivity (Wildman–Crippen MR) is 105 cm³/mol. The molecule has 1 aliphatic carbocycles. The highest BCUT2D eigenvalue weighted by atomic mass is 32.1. The predicted octanol–water partition coefficient (Wildman–Crippen LogP) is 3.91. The molecule has 0 saturated heterocycles. The van der Waals surface area contributed by atoms with E-state index in [-0.39, 0.29) is 29.7 Å². The molecule has 1 saturated carbocycles.